The third kappa shape index (κ3) is 2.40. The van der Waals surface area contributed by atoms with Crippen LogP contribution in [0, 0.1) is 10.1 Å². The fourth-order valence-electron chi connectivity index (χ4n) is 2.33. The van der Waals surface area contributed by atoms with Crippen LogP contribution < -0.4 is 5.73 Å². The molecule has 2 N–H and O–H groups in total. The van der Waals surface area contributed by atoms with Gasteiger partial charge in [0, 0.05) is 17.5 Å². The summed E-state index contributed by atoms with van der Waals surface area (Å²) in [4.78, 5) is 21.0. The van der Waals surface area contributed by atoms with Gasteiger partial charge in [0.25, 0.3) is 11.6 Å². The van der Waals surface area contributed by atoms with E-state index in [1.807, 2.05) is 0 Å². The molecule has 0 saturated carbocycles. The van der Waals surface area contributed by atoms with Crippen molar-refractivity contribution in [2.24, 2.45) is 5.73 Å². The standard InChI is InChI=1S/C15H10N2O6S/c16-15(18)13-14(11-6-1-2-7-12(11)23-13)24(21,22)10-5-3-4-9(8-10)17(19)20/h1-8H,(H2,16,18). The van der Waals surface area contributed by atoms with E-state index in [1.165, 1.54) is 30.3 Å². The number of amides is 1. The Hall–Kier alpha value is -3.20. The molecular weight excluding hydrogens is 336 g/mol. The number of carbonyl (C=O) groups is 1. The molecule has 24 heavy (non-hydrogen) atoms. The molecule has 1 aromatic heterocycles. The molecular formula is C15H10N2O6S. The van der Waals surface area contributed by atoms with Crippen molar-refractivity contribution in [2.45, 2.75) is 9.79 Å². The van der Waals surface area contributed by atoms with E-state index >= 15 is 0 Å². The number of non-ortho nitro benzene ring substituents is 1. The number of nitro groups is 1. The summed E-state index contributed by atoms with van der Waals surface area (Å²) in [7, 11) is -4.25. The second-order valence-electron chi connectivity index (χ2n) is 4.88. The third-order valence-electron chi connectivity index (χ3n) is 3.38. The van der Waals surface area contributed by atoms with Gasteiger partial charge < -0.3 is 10.2 Å². The molecule has 8 nitrogen and oxygen atoms in total. The number of benzene rings is 2. The van der Waals surface area contributed by atoms with E-state index in [4.69, 9.17) is 10.2 Å². The van der Waals surface area contributed by atoms with Crippen LogP contribution in [0.5, 0.6) is 0 Å². The number of para-hydroxylation sites is 1. The van der Waals surface area contributed by atoms with Crippen LogP contribution in [-0.4, -0.2) is 19.2 Å². The van der Waals surface area contributed by atoms with Crippen molar-refractivity contribution in [1.29, 1.82) is 0 Å². The summed E-state index contributed by atoms with van der Waals surface area (Å²) in [6.07, 6.45) is 0. The molecule has 0 aliphatic heterocycles. The van der Waals surface area contributed by atoms with Crippen molar-refractivity contribution >= 4 is 32.4 Å². The first-order valence-electron chi connectivity index (χ1n) is 6.63. The quantitative estimate of drug-likeness (QED) is 0.569. The number of sulfone groups is 1. The molecule has 0 radical (unpaired) electrons. The van der Waals surface area contributed by atoms with Crippen LogP contribution in [0.4, 0.5) is 5.69 Å². The van der Waals surface area contributed by atoms with E-state index < -0.39 is 31.3 Å². The number of carbonyl (C=O) groups excluding carboxylic acids is 1. The first kappa shape index (κ1) is 15.7. The van der Waals surface area contributed by atoms with Crippen molar-refractivity contribution in [2.75, 3.05) is 0 Å². The van der Waals surface area contributed by atoms with Gasteiger partial charge in [-0.1, -0.05) is 18.2 Å². The summed E-state index contributed by atoms with van der Waals surface area (Å²) in [6.45, 7) is 0. The lowest BCUT2D eigenvalue weighted by atomic mass is 10.2. The molecule has 0 saturated heterocycles. The lowest BCUT2D eigenvalue weighted by molar-refractivity contribution is -0.385. The van der Waals surface area contributed by atoms with E-state index in [-0.39, 0.29) is 21.6 Å². The summed E-state index contributed by atoms with van der Waals surface area (Å²) < 4.78 is 31.1. The topological polar surface area (TPSA) is 134 Å². The summed E-state index contributed by atoms with van der Waals surface area (Å²) in [5.74, 6) is -1.56. The smallest absolute Gasteiger partial charge is 0.285 e. The van der Waals surface area contributed by atoms with Gasteiger partial charge in [-0.05, 0) is 18.2 Å². The van der Waals surface area contributed by atoms with E-state index in [1.54, 1.807) is 12.1 Å². The predicted molar refractivity (Wildman–Crippen MR) is 83.3 cm³/mol. The van der Waals surface area contributed by atoms with Gasteiger partial charge in [0.15, 0.2) is 0 Å². The Labute approximate surface area is 135 Å². The van der Waals surface area contributed by atoms with Gasteiger partial charge in [-0.15, -0.1) is 0 Å². The fourth-order valence-corrected chi connectivity index (χ4v) is 3.95. The Balaban J connectivity index is 2.33. The number of fused-ring (bicyclic) bond motifs is 1. The highest BCUT2D eigenvalue weighted by Crippen LogP contribution is 2.34. The number of primary amides is 1. The molecule has 9 heteroatoms. The first-order chi connectivity index (χ1) is 11.3. The highest BCUT2D eigenvalue weighted by molar-refractivity contribution is 7.91. The van der Waals surface area contributed by atoms with E-state index in [0.717, 1.165) is 6.07 Å². The van der Waals surface area contributed by atoms with Crippen LogP contribution in [-0.2, 0) is 9.84 Å². The van der Waals surface area contributed by atoms with Crippen LogP contribution in [0.15, 0.2) is 62.7 Å². The number of furan rings is 1. The minimum absolute atomic E-state index is 0.176. The third-order valence-corrected chi connectivity index (χ3v) is 5.20. The number of hydrogen-bond acceptors (Lipinski definition) is 6. The van der Waals surface area contributed by atoms with E-state index in [0.29, 0.717) is 0 Å². The lowest BCUT2D eigenvalue weighted by Gasteiger charge is -2.04. The van der Waals surface area contributed by atoms with E-state index in [2.05, 4.69) is 0 Å². The van der Waals surface area contributed by atoms with Gasteiger partial charge in [-0.3, -0.25) is 14.9 Å². The molecule has 0 bridgehead atoms. The van der Waals surface area contributed by atoms with Crippen LogP contribution in [0.1, 0.15) is 10.6 Å². The zero-order chi connectivity index (χ0) is 17.5. The number of nitrogens with zero attached hydrogens (tertiary/aromatic N) is 1. The van der Waals surface area contributed by atoms with Gasteiger partial charge in [0.1, 0.15) is 10.5 Å². The summed E-state index contributed by atoms with van der Waals surface area (Å²) in [5.41, 5.74) is 5.02. The van der Waals surface area contributed by atoms with Gasteiger partial charge in [-0.25, -0.2) is 8.42 Å². The molecule has 3 rings (SSSR count). The van der Waals surface area contributed by atoms with Crippen molar-refractivity contribution in [3.05, 3.63) is 64.4 Å². The predicted octanol–water partition coefficient (Wildman–Crippen LogP) is 2.27. The average Bonchev–Trinajstić information content (AvgIpc) is 2.95. The van der Waals surface area contributed by atoms with E-state index in [9.17, 15) is 23.3 Å². The molecule has 3 aromatic rings. The number of rotatable bonds is 4. The second-order valence-corrected chi connectivity index (χ2v) is 6.77. The Morgan fingerprint density at radius 1 is 1.12 bits per heavy atom. The van der Waals surface area contributed by atoms with Gasteiger partial charge in [0.05, 0.1) is 9.82 Å². The maximum absolute atomic E-state index is 12.9. The minimum Gasteiger partial charge on any atom is -0.449 e. The van der Waals surface area contributed by atoms with Crippen molar-refractivity contribution in [3.63, 3.8) is 0 Å². The van der Waals surface area contributed by atoms with Crippen molar-refractivity contribution < 1.29 is 22.6 Å². The van der Waals surface area contributed by atoms with Gasteiger partial charge in [-0.2, -0.15) is 0 Å². The summed E-state index contributed by atoms with van der Waals surface area (Å²) >= 11 is 0. The lowest BCUT2D eigenvalue weighted by Crippen LogP contribution is -2.15. The molecule has 1 heterocycles. The molecule has 2 aromatic carbocycles. The molecule has 0 unspecified atom stereocenters. The Morgan fingerprint density at radius 2 is 1.83 bits per heavy atom. The van der Waals surface area contributed by atoms with Crippen molar-refractivity contribution in [3.8, 4) is 0 Å². The monoisotopic (exact) mass is 346 g/mol. The van der Waals surface area contributed by atoms with Gasteiger partial charge in [0.2, 0.25) is 15.6 Å². The van der Waals surface area contributed by atoms with Crippen molar-refractivity contribution in [1.82, 2.24) is 0 Å². The molecule has 0 fully saturated rings. The zero-order valence-electron chi connectivity index (χ0n) is 12.0. The number of hydrogen-bond donors (Lipinski definition) is 1. The summed E-state index contributed by atoms with van der Waals surface area (Å²) in [5, 5.41) is 11.1. The highest BCUT2D eigenvalue weighted by atomic mass is 32.2. The largest absolute Gasteiger partial charge is 0.449 e. The molecule has 122 valence electrons. The Bertz CT molecular complexity index is 1080. The van der Waals surface area contributed by atoms with Crippen LogP contribution in [0.25, 0.3) is 11.0 Å². The maximum atomic E-state index is 12.9. The molecule has 0 aliphatic carbocycles. The van der Waals surface area contributed by atoms with Crippen LogP contribution in [0.3, 0.4) is 0 Å². The molecule has 1 amide bonds. The second kappa shape index (κ2) is 5.46. The molecule has 0 spiro atoms. The Kier molecular flexibility index (Phi) is 3.57. The Morgan fingerprint density at radius 3 is 2.50 bits per heavy atom. The number of nitro benzene ring substituents is 1. The maximum Gasteiger partial charge on any atom is 0.285 e. The van der Waals surface area contributed by atoms with Crippen LogP contribution >= 0.6 is 0 Å². The zero-order valence-corrected chi connectivity index (χ0v) is 12.8. The summed E-state index contributed by atoms with van der Waals surface area (Å²) in [6, 6.07) is 10.7. The van der Waals surface area contributed by atoms with Crippen LogP contribution in [0.2, 0.25) is 0 Å². The average molecular weight is 346 g/mol. The SMILES string of the molecule is NC(=O)c1oc2ccccc2c1S(=O)(=O)c1cccc([N+](=O)[O-])c1. The van der Waals surface area contributed by atoms with Gasteiger partial charge >= 0.3 is 0 Å². The minimum atomic E-state index is -4.25. The fraction of sp³-hybridized carbons (Fsp3) is 0. The normalized spacial score (nSPS) is 11.5. The number of nitrogens with two attached hydrogens (primary N) is 1. The first-order valence-corrected chi connectivity index (χ1v) is 8.11. The molecule has 0 aliphatic rings. The molecule has 0 atom stereocenters. The highest BCUT2D eigenvalue weighted by Gasteiger charge is 2.31.